The molecule has 0 heterocycles. The molecule has 2 saturated carbocycles. The lowest BCUT2D eigenvalue weighted by molar-refractivity contribution is -0.162. The number of Topliss-reactive ketones (excluding diaryl/α,β-unsaturated/α-hetero) is 2. The van der Waals surface area contributed by atoms with Crippen LogP contribution in [0, 0.1) is 51.2 Å². The molecule has 52 heavy (non-hydrogen) atoms. The number of aliphatic hydroxyl groups is 3. The van der Waals surface area contributed by atoms with Gasteiger partial charge in [0.05, 0.1) is 11.7 Å². The number of nitrogens with zero attached hydrogens (tertiary/aromatic N) is 1. The van der Waals surface area contributed by atoms with Crippen molar-refractivity contribution in [1.29, 1.82) is 0 Å². The van der Waals surface area contributed by atoms with Crippen molar-refractivity contribution in [2.24, 2.45) is 67.7 Å². The Hall–Kier alpha value is -3.86. The van der Waals surface area contributed by atoms with Crippen molar-refractivity contribution in [1.82, 2.24) is 0 Å². The molecular formula is C42H55N3O7. The first kappa shape index (κ1) is 37.9. The van der Waals surface area contributed by atoms with Crippen LogP contribution in [0.1, 0.15) is 79.7 Å². The highest BCUT2D eigenvalue weighted by molar-refractivity contribution is 6.02. The van der Waals surface area contributed by atoms with Gasteiger partial charge in [0.2, 0.25) is 0 Å². The molecule has 0 radical (unpaired) electrons. The molecule has 0 saturated heterocycles. The zero-order valence-corrected chi connectivity index (χ0v) is 31.4. The van der Waals surface area contributed by atoms with E-state index < -0.39 is 74.5 Å². The smallest absolute Gasteiger partial charge is 0.331 e. The number of aliphatic hydroxyl groups excluding tert-OH is 1. The Balaban J connectivity index is 1.57. The molecule has 0 amide bonds. The molecule has 5 aliphatic rings. The number of benzene rings is 1. The van der Waals surface area contributed by atoms with Gasteiger partial charge in [-0.05, 0) is 66.2 Å². The van der Waals surface area contributed by atoms with Crippen molar-refractivity contribution in [2.45, 2.75) is 91.5 Å². The first-order chi connectivity index (χ1) is 24.1. The number of aliphatic carboxylic acids is 1. The predicted molar refractivity (Wildman–Crippen MR) is 199 cm³/mol. The first-order valence-corrected chi connectivity index (χ1v) is 18.5. The van der Waals surface area contributed by atoms with Crippen LogP contribution in [0.2, 0.25) is 0 Å². The van der Waals surface area contributed by atoms with Crippen LogP contribution in [0.4, 0.5) is 0 Å². The molecule has 280 valence electrons. The summed E-state index contributed by atoms with van der Waals surface area (Å²) in [5.74, 6) is -3.85. The Morgan fingerprint density at radius 1 is 1.06 bits per heavy atom. The summed E-state index contributed by atoms with van der Waals surface area (Å²) in [6, 6.07) is 9.77. The van der Waals surface area contributed by atoms with E-state index in [9.17, 15) is 30.0 Å². The number of hydrogen-bond donors (Lipinski definition) is 6. The molecule has 0 spiro atoms. The standard InChI is InChI=1S/C42H55N3O7/c1-23(35(49)50)19-29(46)26(22-45-36(43)44)24(2)28-20-41(51)17-18-42(52)27(14-13-25-11-9-8-10-12-25)33-37(3,4)31(48)15-16-38(33,5)32-30(47)21-39(28,6)40(41,7)34(32)42/h8-14,17-19,24,26-29,33,46,51-52H,15-16,20-22H2,1-7H3,(H,49,50)(H4,43,44,45)/t24-,26+,27-,28+,29-,33+,38-,39-,40+,41-,42+/m1/s1. The predicted octanol–water partition coefficient (Wildman–Crippen LogP) is 4.59. The van der Waals surface area contributed by atoms with Crippen molar-refractivity contribution < 1.29 is 34.8 Å². The number of ketones is 2. The SMILES string of the molecule is CC(=C[C@@H](O)[C@@H](CN=C(N)N)[C@@H](C)[C@@H]1C[C@]2(O)C=C[C@@]3(O)C4=C(C(=O)C[C@@]1(C)[C@]42C)[C@@]1(C)CCC(=O)C(C)(C)[C@@H]1[C@H]3C=Cc1ccccc1)C(=O)O. The number of allylic oxidation sites excluding steroid dienone is 1. The van der Waals surface area contributed by atoms with Gasteiger partial charge in [0.1, 0.15) is 11.4 Å². The van der Waals surface area contributed by atoms with Crippen LogP contribution < -0.4 is 11.5 Å². The average Bonchev–Trinajstić information content (AvgIpc) is 3.24. The van der Waals surface area contributed by atoms with Crippen molar-refractivity contribution in [3.05, 3.63) is 76.9 Å². The molecule has 1 aromatic carbocycles. The van der Waals surface area contributed by atoms with Crippen molar-refractivity contribution in [3.63, 3.8) is 0 Å². The molecule has 0 bridgehead atoms. The van der Waals surface area contributed by atoms with Crippen LogP contribution in [-0.2, 0) is 14.4 Å². The third kappa shape index (κ3) is 5.15. The molecule has 10 heteroatoms. The topological polar surface area (TPSA) is 197 Å². The Morgan fingerprint density at radius 3 is 2.33 bits per heavy atom. The minimum absolute atomic E-state index is 0.00727. The van der Waals surface area contributed by atoms with Gasteiger partial charge in [0, 0.05) is 58.6 Å². The minimum atomic E-state index is -1.70. The number of carbonyl (C=O) groups excluding carboxylic acids is 2. The zero-order valence-electron chi connectivity index (χ0n) is 31.4. The van der Waals surface area contributed by atoms with Crippen LogP contribution in [0.25, 0.3) is 6.08 Å². The zero-order chi connectivity index (χ0) is 38.4. The second-order valence-corrected chi connectivity index (χ2v) is 17.6. The normalized spacial score (nSPS) is 39.5. The fraction of sp³-hybridized carbons (Fsp3) is 0.571. The van der Waals surface area contributed by atoms with Gasteiger partial charge in [-0.25, -0.2) is 4.79 Å². The summed E-state index contributed by atoms with van der Waals surface area (Å²) in [5, 5.41) is 47.4. The Bertz CT molecular complexity index is 1840. The van der Waals surface area contributed by atoms with Crippen molar-refractivity contribution >= 4 is 29.6 Å². The lowest BCUT2D eigenvalue weighted by Gasteiger charge is -2.68. The van der Waals surface area contributed by atoms with E-state index in [0.717, 1.165) is 5.56 Å². The largest absolute Gasteiger partial charge is 0.478 e. The molecule has 0 aromatic heterocycles. The van der Waals surface area contributed by atoms with E-state index in [4.69, 9.17) is 11.5 Å². The molecule has 2 fully saturated rings. The van der Waals surface area contributed by atoms with Gasteiger partial charge in [0.25, 0.3) is 0 Å². The Labute approximate surface area is 306 Å². The summed E-state index contributed by atoms with van der Waals surface area (Å²) in [7, 11) is 0. The van der Waals surface area contributed by atoms with E-state index in [0.29, 0.717) is 24.0 Å². The average molecular weight is 714 g/mol. The molecule has 6 rings (SSSR count). The van der Waals surface area contributed by atoms with Gasteiger partial charge in [-0.3, -0.25) is 14.6 Å². The van der Waals surface area contributed by atoms with Crippen LogP contribution in [0.3, 0.4) is 0 Å². The van der Waals surface area contributed by atoms with E-state index in [2.05, 4.69) is 11.9 Å². The van der Waals surface area contributed by atoms with E-state index in [-0.39, 0.29) is 42.5 Å². The maximum atomic E-state index is 15.0. The Morgan fingerprint density at radius 2 is 1.71 bits per heavy atom. The lowest BCUT2D eigenvalue weighted by atomic mass is 9.36. The highest BCUT2D eigenvalue weighted by Gasteiger charge is 2.78. The molecule has 0 aliphatic heterocycles. The van der Waals surface area contributed by atoms with Gasteiger partial charge < -0.3 is 31.9 Å². The van der Waals surface area contributed by atoms with Crippen molar-refractivity contribution in [2.75, 3.05) is 6.54 Å². The van der Waals surface area contributed by atoms with Crippen LogP contribution in [0.15, 0.2) is 76.3 Å². The number of aliphatic imine (C=N–C) groups is 1. The third-order valence-corrected chi connectivity index (χ3v) is 14.7. The van der Waals surface area contributed by atoms with E-state index in [1.165, 1.54) is 13.0 Å². The van der Waals surface area contributed by atoms with Gasteiger partial charge in [0.15, 0.2) is 11.7 Å². The molecule has 8 N–H and O–H groups in total. The maximum Gasteiger partial charge on any atom is 0.331 e. The molecule has 0 unspecified atom stereocenters. The number of carboxylic acids is 1. The molecule has 5 aliphatic carbocycles. The summed E-state index contributed by atoms with van der Waals surface area (Å²) < 4.78 is 0. The van der Waals surface area contributed by atoms with Gasteiger partial charge in [-0.1, -0.05) is 90.1 Å². The number of rotatable bonds is 9. The monoisotopic (exact) mass is 713 g/mol. The first-order valence-electron chi connectivity index (χ1n) is 18.5. The lowest BCUT2D eigenvalue weighted by Crippen LogP contribution is -2.69. The van der Waals surface area contributed by atoms with Gasteiger partial charge in [-0.15, -0.1) is 0 Å². The molecular weight excluding hydrogens is 658 g/mol. The highest BCUT2D eigenvalue weighted by Crippen LogP contribution is 2.78. The summed E-state index contributed by atoms with van der Waals surface area (Å²) in [6.45, 7) is 13.3. The summed E-state index contributed by atoms with van der Waals surface area (Å²) >= 11 is 0. The fourth-order valence-electron chi connectivity index (χ4n) is 11.9. The summed E-state index contributed by atoms with van der Waals surface area (Å²) in [5.41, 5.74) is 6.55. The summed E-state index contributed by atoms with van der Waals surface area (Å²) in [4.78, 5) is 44.7. The van der Waals surface area contributed by atoms with Gasteiger partial charge in [-0.2, -0.15) is 0 Å². The summed E-state index contributed by atoms with van der Waals surface area (Å²) in [6.07, 6.45) is 8.48. The second kappa shape index (κ2) is 12.4. The fourth-order valence-corrected chi connectivity index (χ4v) is 11.9. The maximum absolute atomic E-state index is 15.0. The number of hydrogen-bond acceptors (Lipinski definition) is 7. The van der Waals surface area contributed by atoms with Crippen LogP contribution in [0.5, 0.6) is 0 Å². The van der Waals surface area contributed by atoms with E-state index in [1.54, 1.807) is 12.2 Å². The van der Waals surface area contributed by atoms with E-state index >= 15 is 4.79 Å². The van der Waals surface area contributed by atoms with Crippen LogP contribution in [-0.4, -0.2) is 67.8 Å². The van der Waals surface area contributed by atoms with E-state index in [1.807, 2.05) is 77.1 Å². The molecule has 1 aromatic rings. The number of carbonyl (C=O) groups is 3. The highest BCUT2D eigenvalue weighted by atomic mass is 16.4. The quantitative estimate of drug-likeness (QED) is 0.0918. The van der Waals surface area contributed by atoms with Crippen LogP contribution >= 0.6 is 0 Å². The van der Waals surface area contributed by atoms with Crippen molar-refractivity contribution in [3.8, 4) is 0 Å². The molecule has 10 nitrogen and oxygen atoms in total. The third-order valence-electron chi connectivity index (χ3n) is 14.7. The minimum Gasteiger partial charge on any atom is -0.478 e. The Kier molecular flexibility index (Phi) is 9.00. The number of nitrogens with two attached hydrogens (primary N) is 2. The number of guanidine groups is 1. The number of fused-ring (bicyclic) bond motifs is 2. The molecule has 11 atom stereocenters. The second-order valence-electron chi connectivity index (χ2n) is 17.6. The number of carboxylic acid groups (broad SMARTS) is 1. The van der Waals surface area contributed by atoms with Gasteiger partial charge >= 0.3 is 5.97 Å².